The molecule has 0 aromatic heterocycles. The molecule has 1 aromatic carbocycles. The predicted molar refractivity (Wildman–Crippen MR) is 55.3 cm³/mol. The van der Waals surface area contributed by atoms with Gasteiger partial charge in [-0.1, -0.05) is 23.8 Å². The van der Waals surface area contributed by atoms with Gasteiger partial charge in [-0.15, -0.1) is 0 Å². The Balaban J connectivity index is 2.03. The van der Waals surface area contributed by atoms with Crippen LogP contribution in [0.2, 0.25) is 0 Å². The highest BCUT2D eigenvalue weighted by molar-refractivity contribution is 5.29. The quantitative estimate of drug-likeness (QED) is 0.725. The van der Waals surface area contributed by atoms with Crippen molar-refractivity contribution >= 4 is 0 Å². The lowest BCUT2D eigenvalue weighted by Gasteiger charge is -2.13. The monoisotopic (exact) mass is 190 g/mol. The molecule has 1 N–H and O–H groups in total. The summed E-state index contributed by atoms with van der Waals surface area (Å²) in [6.45, 7) is 1.58. The maximum Gasteiger partial charge on any atom is 0.115 e. The van der Waals surface area contributed by atoms with Gasteiger partial charge in [0, 0.05) is 0 Å². The summed E-state index contributed by atoms with van der Waals surface area (Å²) in [6.07, 6.45) is 4.15. The number of phenols is 1. The number of ether oxygens (including phenoxy) is 1. The van der Waals surface area contributed by atoms with Crippen LogP contribution in [0.15, 0.2) is 35.9 Å². The van der Waals surface area contributed by atoms with Gasteiger partial charge in [0.1, 0.15) is 5.75 Å². The molecular formula is C12H14O2. The predicted octanol–water partition coefficient (Wildman–Crippen LogP) is 2.28. The van der Waals surface area contributed by atoms with Crippen LogP contribution in [0, 0.1) is 0 Å². The smallest absolute Gasteiger partial charge is 0.115 e. The Hall–Kier alpha value is -1.28. The summed E-state index contributed by atoms with van der Waals surface area (Å²) in [5.41, 5.74) is 2.68. The highest BCUT2D eigenvalue weighted by Crippen LogP contribution is 2.16. The van der Waals surface area contributed by atoms with Crippen LogP contribution in [0.25, 0.3) is 0 Å². The van der Waals surface area contributed by atoms with Gasteiger partial charge >= 0.3 is 0 Å². The van der Waals surface area contributed by atoms with Gasteiger partial charge in [0.05, 0.1) is 13.2 Å². The minimum absolute atomic E-state index is 0.328. The van der Waals surface area contributed by atoms with Crippen molar-refractivity contribution in [1.29, 1.82) is 0 Å². The fraction of sp³-hybridized carbons (Fsp3) is 0.333. The van der Waals surface area contributed by atoms with Gasteiger partial charge in [0.15, 0.2) is 0 Å². The van der Waals surface area contributed by atoms with Crippen LogP contribution < -0.4 is 0 Å². The number of benzene rings is 1. The number of rotatable bonds is 2. The normalized spacial score (nSPS) is 16.4. The second kappa shape index (κ2) is 4.29. The number of aromatic hydroxyl groups is 1. The van der Waals surface area contributed by atoms with Crippen LogP contribution in [0.3, 0.4) is 0 Å². The number of hydrogen-bond donors (Lipinski definition) is 1. The SMILES string of the molecule is Oc1ccc(CC2=CCOCC2)cc1. The zero-order chi connectivity index (χ0) is 9.80. The summed E-state index contributed by atoms with van der Waals surface area (Å²) in [7, 11) is 0. The van der Waals surface area contributed by atoms with Gasteiger partial charge in [-0.25, -0.2) is 0 Å². The Labute approximate surface area is 83.8 Å². The zero-order valence-electron chi connectivity index (χ0n) is 8.07. The van der Waals surface area contributed by atoms with Gasteiger partial charge in [-0.2, -0.15) is 0 Å². The summed E-state index contributed by atoms with van der Waals surface area (Å²) in [5.74, 6) is 0.328. The number of phenolic OH excluding ortho intramolecular Hbond substituents is 1. The van der Waals surface area contributed by atoms with Gasteiger partial charge in [0.25, 0.3) is 0 Å². The minimum Gasteiger partial charge on any atom is -0.508 e. The van der Waals surface area contributed by atoms with Crippen LogP contribution in [0.1, 0.15) is 12.0 Å². The molecule has 0 saturated heterocycles. The summed E-state index contributed by atoms with van der Waals surface area (Å²) < 4.78 is 5.24. The minimum atomic E-state index is 0.328. The van der Waals surface area contributed by atoms with E-state index in [1.165, 1.54) is 11.1 Å². The largest absolute Gasteiger partial charge is 0.508 e. The molecule has 0 spiro atoms. The van der Waals surface area contributed by atoms with E-state index in [9.17, 15) is 0 Å². The zero-order valence-corrected chi connectivity index (χ0v) is 8.07. The molecule has 0 radical (unpaired) electrons. The molecule has 0 aliphatic carbocycles. The van der Waals surface area contributed by atoms with E-state index in [0.29, 0.717) is 5.75 Å². The van der Waals surface area contributed by atoms with Gasteiger partial charge in [0.2, 0.25) is 0 Å². The number of hydrogen-bond acceptors (Lipinski definition) is 2. The molecule has 0 bridgehead atoms. The van der Waals surface area contributed by atoms with E-state index in [2.05, 4.69) is 6.08 Å². The lowest BCUT2D eigenvalue weighted by molar-refractivity contribution is 0.154. The van der Waals surface area contributed by atoms with Crippen LogP contribution in [0.4, 0.5) is 0 Å². The fourth-order valence-corrected chi connectivity index (χ4v) is 1.60. The van der Waals surface area contributed by atoms with Crippen LogP contribution in [-0.2, 0) is 11.2 Å². The van der Waals surface area contributed by atoms with E-state index < -0.39 is 0 Å². The molecule has 2 nitrogen and oxygen atoms in total. The highest BCUT2D eigenvalue weighted by atomic mass is 16.5. The van der Waals surface area contributed by atoms with E-state index in [-0.39, 0.29) is 0 Å². The summed E-state index contributed by atoms with van der Waals surface area (Å²) in [4.78, 5) is 0. The van der Waals surface area contributed by atoms with Crippen molar-refractivity contribution in [2.45, 2.75) is 12.8 Å². The first-order valence-electron chi connectivity index (χ1n) is 4.88. The lowest BCUT2D eigenvalue weighted by Crippen LogP contribution is -2.06. The first-order chi connectivity index (χ1) is 6.84. The Bertz CT molecular complexity index is 325. The molecule has 0 amide bonds. The van der Waals surface area contributed by atoms with Crippen molar-refractivity contribution in [2.75, 3.05) is 13.2 Å². The second-order valence-corrected chi connectivity index (χ2v) is 3.53. The molecule has 1 aliphatic heterocycles. The Morgan fingerprint density at radius 1 is 1.21 bits per heavy atom. The topological polar surface area (TPSA) is 29.5 Å². The van der Waals surface area contributed by atoms with Gasteiger partial charge in [-0.05, 0) is 30.5 Å². The highest BCUT2D eigenvalue weighted by Gasteiger charge is 2.04. The maximum atomic E-state index is 9.13. The Morgan fingerprint density at radius 2 is 2.00 bits per heavy atom. The molecule has 0 unspecified atom stereocenters. The van der Waals surface area contributed by atoms with Crippen molar-refractivity contribution in [1.82, 2.24) is 0 Å². The fourth-order valence-electron chi connectivity index (χ4n) is 1.60. The van der Waals surface area contributed by atoms with Crippen LogP contribution >= 0.6 is 0 Å². The third-order valence-corrected chi connectivity index (χ3v) is 2.42. The second-order valence-electron chi connectivity index (χ2n) is 3.53. The molecule has 0 saturated carbocycles. The molecule has 1 aromatic rings. The average Bonchev–Trinajstić information content (AvgIpc) is 2.23. The molecule has 1 aliphatic rings. The maximum absolute atomic E-state index is 9.13. The van der Waals surface area contributed by atoms with E-state index in [0.717, 1.165) is 26.1 Å². The third-order valence-electron chi connectivity index (χ3n) is 2.42. The van der Waals surface area contributed by atoms with E-state index in [4.69, 9.17) is 9.84 Å². The third kappa shape index (κ3) is 2.36. The van der Waals surface area contributed by atoms with Gasteiger partial charge in [-0.3, -0.25) is 0 Å². The molecule has 14 heavy (non-hydrogen) atoms. The first-order valence-corrected chi connectivity index (χ1v) is 4.88. The van der Waals surface area contributed by atoms with Crippen molar-refractivity contribution in [3.8, 4) is 5.75 Å². The summed E-state index contributed by atoms with van der Waals surface area (Å²) >= 11 is 0. The van der Waals surface area contributed by atoms with Crippen molar-refractivity contribution < 1.29 is 9.84 Å². The average molecular weight is 190 g/mol. The molecule has 0 atom stereocenters. The van der Waals surface area contributed by atoms with Crippen molar-refractivity contribution in [3.63, 3.8) is 0 Å². The van der Waals surface area contributed by atoms with Crippen LogP contribution in [0.5, 0.6) is 5.75 Å². The molecule has 2 rings (SSSR count). The standard InChI is InChI=1S/C12H14O2/c13-12-3-1-10(2-4-12)9-11-5-7-14-8-6-11/h1-5,13H,6-9H2. The Morgan fingerprint density at radius 3 is 2.64 bits per heavy atom. The van der Waals surface area contributed by atoms with Crippen molar-refractivity contribution in [3.05, 3.63) is 41.5 Å². The van der Waals surface area contributed by atoms with Crippen molar-refractivity contribution in [2.24, 2.45) is 0 Å². The molecule has 74 valence electrons. The molecule has 1 heterocycles. The molecular weight excluding hydrogens is 176 g/mol. The van der Waals surface area contributed by atoms with E-state index in [1.807, 2.05) is 12.1 Å². The molecule has 0 fully saturated rings. The first kappa shape index (κ1) is 9.28. The van der Waals surface area contributed by atoms with Gasteiger partial charge < -0.3 is 9.84 Å². The van der Waals surface area contributed by atoms with E-state index in [1.54, 1.807) is 12.1 Å². The summed E-state index contributed by atoms with van der Waals surface area (Å²) in [5, 5.41) is 9.13. The van der Waals surface area contributed by atoms with Crippen LogP contribution in [-0.4, -0.2) is 18.3 Å². The summed E-state index contributed by atoms with van der Waals surface area (Å²) in [6, 6.07) is 7.39. The Kier molecular flexibility index (Phi) is 2.84. The van der Waals surface area contributed by atoms with E-state index >= 15 is 0 Å². The molecule has 2 heteroatoms. The lowest BCUT2D eigenvalue weighted by atomic mass is 10.0.